The molecule has 0 radical (unpaired) electrons. The summed E-state index contributed by atoms with van der Waals surface area (Å²) < 4.78 is 5.19. The highest BCUT2D eigenvalue weighted by Gasteiger charge is 2.25. The molecule has 1 aliphatic carbocycles. The number of nitrogens with one attached hydrogen (secondary N) is 2. The van der Waals surface area contributed by atoms with E-state index >= 15 is 0 Å². The van der Waals surface area contributed by atoms with E-state index in [0.29, 0.717) is 0 Å². The van der Waals surface area contributed by atoms with Gasteiger partial charge in [-0.25, -0.2) is 4.79 Å². The van der Waals surface area contributed by atoms with Crippen LogP contribution in [0.5, 0.6) is 0 Å². The maximum atomic E-state index is 12.2. The first-order valence-corrected chi connectivity index (χ1v) is 9.78. The van der Waals surface area contributed by atoms with Crippen molar-refractivity contribution in [3.63, 3.8) is 0 Å². The second-order valence-electron chi connectivity index (χ2n) is 6.60. The topological polar surface area (TPSA) is 84.5 Å². The smallest absolute Gasteiger partial charge is 0.321 e. The summed E-state index contributed by atoms with van der Waals surface area (Å²) in [6.07, 6.45) is 3.00. The summed E-state index contributed by atoms with van der Waals surface area (Å²) in [7, 11) is 0. The second-order valence-corrected chi connectivity index (χ2v) is 8.01. The van der Waals surface area contributed by atoms with Crippen molar-refractivity contribution in [2.24, 2.45) is 0 Å². The minimum atomic E-state index is -1.03. The summed E-state index contributed by atoms with van der Waals surface area (Å²) in [5.41, 5.74) is 1.14. The summed E-state index contributed by atoms with van der Waals surface area (Å²) in [4.78, 5) is 37.0. The molecule has 2 atom stereocenters. The molecule has 2 N–H and O–H groups in total. The minimum absolute atomic E-state index is 0.117. The molecule has 1 aliphatic rings. The van der Waals surface area contributed by atoms with Crippen LogP contribution >= 0.6 is 11.8 Å². The minimum Gasteiger partial charge on any atom is -0.452 e. The number of ether oxygens (including phenoxy) is 1. The number of hydrogen-bond donors (Lipinski definition) is 2. The lowest BCUT2D eigenvalue weighted by atomic mass is 10.2. The fourth-order valence-corrected chi connectivity index (χ4v) is 3.55. The molecule has 0 unspecified atom stereocenters. The summed E-state index contributed by atoms with van der Waals surface area (Å²) in [5, 5.41) is 4.54. The Balaban J connectivity index is 1.76. The number of thioether (sulfide) groups is 1. The molecule has 1 fully saturated rings. The van der Waals surface area contributed by atoms with Crippen LogP contribution in [0.3, 0.4) is 0 Å². The Labute approximate surface area is 158 Å². The Bertz CT molecular complexity index is 641. The molecule has 0 aromatic heterocycles. The van der Waals surface area contributed by atoms with Crippen molar-refractivity contribution in [2.75, 3.05) is 0 Å². The standard InChI is InChI=1S/C19H26N2O4S/c1-12-8-10-16(11-9-12)26-14(3)18(23)25-13(2)17(22)21-19(24)20-15-6-4-5-7-15/h8-11,13-15H,4-7H2,1-3H3,(H2,20,21,22,24)/t13-,14+/m1/s1. The van der Waals surface area contributed by atoms with E-state index in [9.17, 15) is 14.4 Å². The largest absolute Gasteiger partial charge is 0.452 e. The zero-order valence-corrected chi connectivity index (χ0v) is 16.2. The van der Waals surface area contributed by atoms with Gasteiger partial charge in [0.2, 0.25) is 0 Å². The van der Waals surface area contributed by atoms with Crippen LogP contribution < -0.4 is 10.6 Å². The van der Waals surface area contributed by atoms with Gasteiger partial charge in [0, 0.05) is 10.9 Å². The van der Waals surface area contributed by atoms with Gasteiger partial charge in [0.25, 0.3) is 5.91 Å². The summed E-state index contributed by atoms with van der Waals surface area (Å²) >= 11 is 1.36. The van der Waals surface area contributed by atoms with E-state index in [0.717, 1.165) is 36.1 Å². The van der Waals surface area contributed by atoms with E-state index in [4.69, 9.17) is 4.74 Å². The van der Waals surface area contributed by atoms with Crippen molar-refractivity contribution in [1.29, 1.82) is 0 Å². The second kappa shape index (κ2) is 9.62. The Morgan fingerprint density at radius 1 is 1.12 bits per heavy atom. The molecule has 0 saturated heterocycles. The van der Waals surface area contributed by atoms with Crippen molar-refractivity contribution in [3.05, 3.63) is 29.8 Å². The summed E-state index contributed by atoms with van der Waals surface area (Å²) in [6.45, 7) is 5.18. The molecule has 142 valence electrons. The van der Waals surface area contributed by atoms with Gasteiger partial charge >= 0.3 is 12.0 Å². The highest BCUT2D eigenvalue weighted by molar-refractivity contribution is 8.00. The molecular weight excluding hydrogens is 352 g/mol. The predicted octanol–water partition coefficient (Wildman–Crippen LogP) is 3.18. The van der Waals surface area contributed by atoms with E-state index in [2.05, 4.69) is 10.6 Å². The fourth-order valence-electron chi connectivity index (χ4n) is 2.70. The van der Waals surface area contributed by atoms with Crippen LogP contribution in [-0.2, 0) is 14.3 Å². The summed E-state index contributed by atoms with van der Waals surface area (Å²) in [5.74, 6) is -1.11. The number of carbonyl (C=O) groups excluding carboxylic acids is 3. The van der Waals surface area contributed by atoms with Gasteiger partial charge in [0.15, 0.2) is 6.10 Å². The molecule has 1 aromatic carbocycles. The number of imide groups is 1. The lowest BCUT2D eigenvalue weighted by molar-refractivity contribution is -0.153. The number of aryl methyl sites for hydroxylation is 1. The van der Waals surface area contributed by atoms with Gasteiger partial charge in [-0.15, -0.1) is 11.8 Å². The third-order valence-electron chi connectivity index (χ3n) is 4.26. The highest BCUT2D eigenvalue weighted by Crippen LogP contribution is 2.24. The average Bonchev–Trinajstić information content (AvgIpc) is 3.09. The normalized spacial score (nSPS) is 16.6. The first kappa shape index (κ1) is 20.3. The third kappa shape index (κ3) is 6.37. The highest BCUT2D eigenvalue weighted by atomic mass is 32.2. The zero-order valence-electron chi connectivity index (χ0n) is 15.4. The number of esters is 1. The van der Waals surface area contributed by atoms with Crippen LogP contribution in [0.15, 0.2) is 29.2 Å². The first-order valence-electron chi connectivity index (χ1n) is 8.90. The molecule has 0 heterocycles. The molecular formula is C19H26N2O4S. The molecule has 0 spiro atoms. The van der Waals surface area contributed by atoms with Crippen LogP contribution in [0.2, 0.25) is 0 Å². The number of rotatable bonds is 6. The zero-order chi connectivity index (χ0) is 19.1. The molecule has 1 saturated carbocycles. The number of benzene rings is 1. The van der Waals surface area contributed by atoms with Crippen LogP contribution in [0, 0.1) is 6.92 Å². The predicted molar refractivity (Wildman–Crippen MR) is 101 cm³/mol. The van der Waals surface area contributed by atoms with Gasteiger partial charge in [0.1, 0.15) is 5.25 Å². The summed E-state index contributed by atoms with van der Waals surface area (Å²) in [6, 6.07) is 7.40. The Hall–Kier alpha value is -2.02. The monoisotopic (exact) mass is 378 g/mol. The molecule has 3 amide bonds. The van der Waals surface area contributed by atoms with Crippen molar-refractivity contribution in [1.82, 2.24) is 10.6 Å². The maximum absolute atomic E-state index is 12.2. The Morgan fingerprint density at radius 2 is 1.73 bits per heavy atom. The van der Waals surface area contributed by atoms with Gasteiger partial charge in [0.05, 0.1) is 0 Å². The van der Waals surface area contributed by atoms with Crippen molar-refractivity contribution < 1.29 is 19.1 Å². The van der Waals surface area contributed by atoms with E-state index in [1.54, 1.807) is 6.92 Å². The molecule has 1 aromatic rings. The van der Waals surface area contributed by atoms with Gasteiger partial charge < -0.3 is 10.1 Å². The van der Waals surface area contributed by atoms with Crippen LogP contribution in [0.25, 0.3) is 0 Å². The SMILES string of the molecule is Cc1ccc(S[C@@H](C)C(=O)O[C@H](C)C(=O)NC(=O)NC2CCCC2)cc1. The van der Waals surface area contributed by atoms with E-state index in [-0.39, 0.29) is 6.04 Å². The Kier molecular flexibility index (Phi) is 7.50. The number of amides is 3. The molecule has 2 rings (SSSR count). The molecule has 26 heavy (non-hydrogen) atoms. The molecule has 0 bridgehead atoms. The quantitative estimate of drug-likeness (QED) is 0.587. The van der Waals surface area contributed by atoms with Crippen molar-refractivity contribution in [3.8, 4) is 0 Å². The van der Waals surface area contributed by atoms with Gasteiger partial charge in [-0.2, -0.15) is 0 Å². The maximum Gasteiger partial charge on any atom is 0.321 e. The van der Waals surface area contributed by atoms with Crippen LogP contribution in [0.4, 0.5) is 4.79 Å². The van der Waals surface area contributed by atoms with Crippen molar-refractivity contribution >= 4 is 29.7 Å². The molecule has 0 aliphatic heterocycles. The number of hydrogen-bond acceptors (Lipinski definition) is 5. The van der Waals surface area contributed by atoms with Gasteiger partial charge in [-0.05, 0) is 45.7 Å². The van der Waals surface area contributed by atoms with Crippen LogP contribution in [0.1, 0.15) is 45.1 Å². The number of carbonyl (C=O) groups is 3. The fraction of sp³-hybridized carbons (Fsp3) is 0.526. The number of urea groups is 1. The van der Waals surface area contributed by atoms with E-state index in [1.165, 1.54) is 18.7 Å². The lowest BCUT2D eigenvalue weighted by Crippen LogP contribution is -2.47. The Morgan fingerprint density at radius 3 is 2.35 bits per heavy atom. The van der Waals surface area contributed by atoms with E-state index < -0.39 is 29.3 Å². The molecule has 6 nitrogen and oxygen atoms in total. The van der Waals surface area contributed by atoms with E-state index in [1.807, 2.05) is 31.2 Å². The van der Waals surface area contributed by atoms with Gasteiger partial charge in [-0.1, -0.05) is 30.5 Å². The third-order valence-corrected chi connectivity index (χ3v) is 5.35. The lowest BCUT2D eigenvalue weighted by Gasteiger charge is -2.17. The average molecular weight is 378 g/mol. The first-order chi connectivity index (χ1) is 12.3. The molecule has 7 heteroatoms. The van der Waals surface area contributed by atoms with Crippen molar-refractivity contribution in [2.45, 2.75) is 68.7 Å². The van der Waals surface area contributed by atoms with Gasteiger partial charge in [-0.3, -0.25) is 14.9 Å². The van der Waals surface area contributed by atoms with Crippen LogP contribution in [-0.4, -0.2) is 35.3 Å².